The van der Waals surface area contributed by atoms with Gasteiger partial charge >= 0.3 is 0 Å². The van der Waals surface area contributed by atoms with E-state index >= 15 is 0 Å². The molecule has 12 nitrogen and oxygen atoms in total. The maximum Gasteiger partial charge on any atom is 0.296 e. The van der Waals surface area contributed by atoms with Crippen molar-refractivity contribution >= 4 is 0 Å². The fraction of sp³-hybridized carbons (Fsp3) is 1.00. The fourth-order valence-electron chi connectivity index (χ4n) is 5.41. The third-order valence-corrected chi connectivity index (χ3v) is 6.72. The minimum absolute atomic E-state index is 0.0104. The van der Waals surface area contributed by atoms with E-state index in [-0.39, 0.29) is 71.7 Å². The van der Waals surface area contributed by atoms with Crippen molar-refractivity contribution in [2.45, 2.75) is 56.2 Å². The minimum atomic E-state index is -1.98. The molecule has 2 atom stereocenters. The number of ether oxygens (including phenoxy) is 6. The monoisotopic (exact) mass is 497 g/mol. The first kappa shape index (κ1) is 29.7. The molecule has 2 aliphatic rings. The number of hydrogen-bond acceptors (Lipinski definition) is 12. The van der Waals surface area contributed by atoms with Gasteiger partial charge in [0.15, 0.2) is 0 Å². The van der Waals surface area contributed by atoms with Crippen LogP contribution in [0, 0.1) is 5.41 Å². The van der Waals surface area contributed by atoms with Crippen molar-refractivity contribution in [3.63, 3.8) is 0 Å². The molecule has 0 bridgehead atoms. The number of hydrogen-bond donors (Lipinski definition) is 5. The first-order chi connectivity index (χ1) is 16.4. The quantitative estimate of drug-likeness (QED) is 0.150. The maximum atomic E-state index is 11.4. The summed E-state index contributed by atoms with van der Waals surface area (Å²) in [5.41, 5.74) is -1.49. The highest BCUT2D eigenvalue weighted by molar-refractivity contribution is 5.05. The maximum absolute atomic E-state index is 11.4. The number of likely N-dealkylation sites (tertiary alicyclic amines) is 1. The van der Waals surface area contributed by atoms with Crippen LogP contribution in [-0.4, -0.2) is 135 Å². The molecule has 0 amide bonds. The molecule has 34 heavy (non-hydrogen) atoms. The van der Waals surface area contributed by atoms with Gasteiger partial charge in [-0.05, 0) is 45.2 Å². The molecule has 2 rings (SSSR count). The molecule has 1 heterocycles. The third-order valence-electron chi connectivity index (χ3n) is 6.72. The largest absolute Gasteiger partial charge is 0.394 e. The Morgan fingerprint density at radius 3 is 1.50 bits per heavy atom. The number of methoxy groups -OCH3 is 2. The number of nitrogens with zero attached hydrogens (tertiary/aromatic N) is 1. The lowest BCUT2D eigenvalue weighted by molar-refractivity contribution is -0.528. The average molecular weight is 498 g/mol. The second kappa shape index (κ2) is 14.3. The average Bonchev–Trinajstić information content (AvgIpc) is 3.39. The lowest BCUT2D eigenvalue weighted by Gasteiger charge is -2.58. The second-order valence-corrected chi connectivity index (χ2v) is 8.51. The summed E-state index contributed by atoms with van der Waals surface area (Å²) in [7, 11) is 2.68. The van der Waals surface area contributed by atoms with Crippen LogP contribution in [0.15, 0.2) is 0 Å². The van der Waals surface area contributed by atoms with Crippen molar-refractivity contribution in [1.82, 2.24) is 4.90 Å². The number of aliphatic hydroxyl groups is 5. The molecule has 5 N–H and O–H groups in total. The van der Waals surface area contributed by atoms with Crippen LogP contribution in [0.3, 0.4) is 0 Å². The predicted molar refractivity (Wildman–Crippen MR) is 119 cm³/mol. The van der Waals surface area contributed by atoms with Crippen LogP contribution in [0.5, 0.6) is 0 Å². The van der Waals surface area contributed by atoms with Gasteiger partial charge in [0.2, 0.25) is 0 Å². The molecule has 0 radical (unpaired) electrons. The molecule has 0 spiro atoms. The van der Waals surface area contributed by atoms with Crippen LogP contribution in [0.1, 0.15) is 32.1 Å². The summed E-state index contributed by atoms with van der Waals surface area (Å²) in [6, 6.07) is -0.119. The van der Waals surface area contributed by atoms with Crippen molar-refractivity contribution < 1.29 is 54.0 Å². The van der Waals surface area contributed by atoms with Crippen LogP contribution in [0.4, 0.5) is 0 Å². The van der Waals surface area contributed by atoms with E-state index in [1.807, 2.05) is 0 Å². The van der Waals surface area contributed by atoms with E-state index in [0.29, 0.717) is 6.42 Å². The van der Waals surface area contributed by atoms with Crippen LogP contribution in [-0.2, 0) is 28.4 Å². The topological polar surface area (TPSA) is 160 Å². The van der Waals surface area contributed by atoms with Gasteiger partial charge in [0.1, 0.15) is 5.41 Å². The molecule has 2 fully saturated rings. The van der Waals surface area contributed by atoms with Crippen molar-refractivity contribution in [2.75, 3.05) is 80.2 Å². The van der Waals surface area contributed by atoms with Crippen LogP contribution in [0.25, 0.3) is 0 Å². The molecule has 0 aromatic carbocycles. The highest BCUT2D eigenvalue weighted by Crippen LogP contribution is 2.57. The van der Waals surface area contributed by atoms with E-state index in [0.717, 1.165) is 25.9 Å². The van der Waals surface area contributed by atoms with Gasteiger partial charge in [0.25, 0.3) is 11.9 Å². The van der Waals surface area contributed by atoms with E-state index < -0.39 is 23.5 Å². The molecule has 1 saturated carbocycles. The van der Waals surface area contributed by atoms with Gasteiger partial charge in [-0.1, -0.05) is 0 Å². The number of aliphatic hydroxyl groups excluding tert-OH is 5. The molecule has 202 valence electrons. The molecular formula is C22H43NO11. The SMILES string of the molecule is COC(OCCO)(OCCO)C1(C(OC)(OCCO)OCCO)CCC(N2CCCC2)C(O)C1. The Balaban J connectivity index is 2.61. The zero-order valence-electron chi connectivity index (χ0n) is 20.4. The highest BCUT2D eigenvalue weighted by atomic mass is 16.9. The van der Waals surface area contributed by atoms with Crippen molar-refractivity contribution in [2.24, 2.45) is 5.41 Å². The third kappa shape index (κ3) is 6.07. The Labute approximate surface area is 201 Å². The summed E-state index contributed by atoms with van der Waals surface area (Å²) < 4.78 is 35.4. The van der Waals surface area contributed by atoms with Crippen LogP contribution in [0.2, 0.25) is 0 Å². The van der Waals surface area contributed by atoms with Crippen LogP contribution >= 0.6 is 0 Å². The smallest absolute Gasteiger partial charge is 0.296 e. The van der Waals surface area contributed by atoms with Gasteiger partial charge < -0.3 is 54.0 Å². The van der Waals surface area contributed by atoms with E-state index in [4.69, 9.17) is 28.4 Å². The van der Waals surface area contributed by atoms with Crippen molar-refractivity contribution in [3.8, 4) is 0 Å². The van der Waals surface area contributed by atoms with E-state index in [2.05, 4.69) is 4.90 Å². The van der Waals surface area contributed by atoms with Gasteiger partial charge in [-0.2, -0.15) is 0 Å². The van der Waals surface area contributed by atoms with Crippen molar-refractivity contribution in [1.29, 1.82) is 0 Å². The van der Waals surface area contributed by atoms with E-state index in [1.54, 1.807) is 0 Å². The Kier molecular flexibility index (Phi) is 12.5. The molecule has 12 heteroatoms. The minimum Gasteiger partial charge on any atom is -0.394 e. The van der Waals surface area contributed by atoms with Gasteiger partial charge in [-0.25, -0.2) is 0 Å². The Hall–Kier alpha value is -0.480. The normalized spacial score (nSPS) is 24.1. The Bertz CT molecular complexity index is 517. The first-order valence-electron chi connectivity index (χ1n) is 12.0. The number of rotatable bonds is 17. The summed E-state index contributed by atoms with van der Waals surface area (Å²) in [5.74, 6) is -3.95. The Morgan fingerprint density at radius 2 is 1.18 bits per heavy atom. The van der Waals surface area contributed by atoms with Gasteiger partial charge in [0, 0.05) is 20.3 Å². The molecule has 0 aromatic rings. The summed E-state index contributed by atoms with van der Waals surface area (Å²) in [4.78, 5) is 2.25. The predicted octanol–water partition coefficient (Wildman–Crippen LogP) is -1.38. The fourth-order valence-corrected chi connectivity index (χ4v) is 5.41. The molecule has 2 unspecified atom stereocenters. The van der Waals surface area contributed by atoms with E-state index in [9.17, 15) is 25.5 Å². The zero-order valence-corrected chi connectivity index (χ0v) is 20.4. The molecule has 1 aliphatic heterocycles. The standard InChI is InChI=1S/C22H43NO11/c1-29-21(31-13-9-24,32-14-10-25)20(22(30-2,33-15-11-26)34-16-12-27)6-5-18(19(28)17-20)23-7-3-4-8-23/h18-19,24-28H,3-17H2,1-2H3. The van der Waals surface area contributed by atoms with Gasteiger partial charge in [-0.3, -0.25) is 4.90 Å². The van der Waals surface area contributed by atoms with Gasteiger partial charge in [0.05, 0.1) is 59.0 Å². The summed E-state index contributed by atoms with van der Waals surface area (Å²) in [6.07, 6.45) is 2.02. The van der Waals surface area contributed by atoms with Crippen molar-refractivity contribution in [3.05, 3.63) is 0 Å². The summed E-state index contributed by atoms with van der Waals surface area (Å²) >= 11 is 0. The second-order valence-electron chi connectivity index (χ2n) is 8.51. The summed E-state index contributed by atoms with van der Waals surface area (Å²) in [5, 5.41) is 49.5. The summed E-state index contributed by atoms with van der Waals surface area (Å²) in [6.45, 7) is -0.366. The van der Waals surface area contributed by atoms with Crippen LogP contribution < -0.4 is 0 Å². The zero-order chi connectivity index (χ0) is 25.1. The van der Waals surface area contributed by atoms with Gasteiger partial charge in [-0.15, -0.1) is 0 Å². The molecular weight excluding hydrogens is 454 g/mol. The molecule has 0 aromatic heterocycles. The van der Waals surface area contributed by atoms with E-state index in [1.165, 1.54) is 14.2 Å². The lowest BCUT2D eigenvalue weighted by atomic mass is 9.66. The molecule has 1 aliphatic carbocycles. The highest BCUT2D eigenvalue weighted by Gasteiger charge is 2.71. The Morgan fingerprint density at radius 1 is 0.765 bits per heavy atom. The lowest BCUT2D eigenvalue weighted by Crippen LogP contribution is -2.71. The first-order valence-corrected chi connectivity index (χ1v) is 12.0. The molecule has 1 saturated heterocycles.